The van der Waals surface area contributed by atoms with E-state index in [0.29, 0.717) is 0 Å². The molecule has 21 heavy (non-hydrogen) atoms. The summed E-state index contributed by atoms with van der Waals surface area (Å²) in [7, 11) is 0. The van der Waals surface area contributed by atoms with Crippen LogP contribution >= 0.6 is 0 Å². The third kappa shape index (κ3) is 8.25. The van der Waals surface area contributed by atoms with Gasteiger partial charge in [-0.05, 0) is 0 Å². The first-order valence-corrected chi connectivity index (χ1v) is 6.77. The Morgan fingerprint density at radius 1 is 1.14 bits per heavy atom. The third-order valence-corrected chi connectivity index (χ3v) is 3.11. The minimum Gasteiger partial charge on any atom is -1.00 e. The number of benzene rings is 1. The Morgan fingerprint density at radius 3 is 2.52 bits per heavy atom. The summed E-state index contributed by atoms with van der Waals surface area (Å²) in [6, 6.07) is 14.7. The molecule has 0 aliphatic heterocycles. The standard InChI is InChI=1S/C9H7.C9H13.2BrH.Ti/c1-2-5-9-7-3-6-8(9)4-1;1-2-3-6-9-7-4-5-8-9;;;/h1-7H;4,7H,2-3,5-6H2,1H3;2*1H;/q2*-1;;;+4/p-2. The molecule has 0 nitrogen and oxygen atoms in total. The van der Waals surface area contributed by atoms with Crippen LogP contribution in [0.3, 0.4) is 0 Å². The van der Waals surface area contributed by atoms with Crippen molar-refractivity contribution in [1.29, 1.82) is 0 Å². The van der Waals surface area contributed by atoms with Gasteiger partial charge in [-0.2, -0.15) is 23.6 Å². The van der Waals surface area contributed by atoms with Gasteiger partial charge in [0, 0.05) is 0 Å². The zero-order chi connectivity index (χ0) is 12.6. The monoisotopic (exact) mass is 442 g/mol. The Morgan fingerprint density at radius 2 is 1.90 bits per heavy atom. The minimum atomic E-state index is 0. The van der Waals surface area contributed by atoms with Crippen molar-refractivity contribution in [1.82, 2.24) is 0 Å². The van der Waals surface area contributed by atoms with E-state index in [1.807, 2.05) is 0 Å². The molecule has 0 atom stereocenters. The van der Waals surface area contributed by atoms with E-state index < -0.39 is 0 Å². The van der Waals surface area contributed by atoms with Crippen LogP contribution in [-0.4, -0.2) is 0 Å². The number of hydrogen-bond donors (Lipinski definition) is 0. The molecule has 0 radical (unpaired) electrons. The Kier molecular flexibility index (Phi) is 15.1. The van der Waals surface area contributed by atoms with Gasteiger partial charge in [0.15, 0.2) is 0 Å². The van der Waals surface area contributed by atoms with Gasteiger partial charge in [0.2, 0.25) is 0 Å². The third-order valence-electron chi connectivity index (χ3n) is 3.11. The molecule has 3 rings (SSSR count). The number of unbranched alkanes of at least 4 members (excludes halogenated alkanes) is 1. The van der Waals surface area contributed by atoms with Crippen LogP contribution < -0.4 is 34.0 Å². The summed E-state index contributed by atoms with van der Waals surface area (Å²) in [4.78, 5) is 0. The van der Waals surface area contributed by atoms with Crippen molar-refractivity contribution in [3.8, 4) is 0 Å². The first kappa shape index (κ1) is 23.3. The molecule has 110 valence electrons. The largest absolute Gasteiger partial charge is 4.00 e. The summed E-state index contributed by atoms with van der Waals surface area (Å²) in [5.74, 6) is 0. The van der Waals surface area contributed by atoms with Gasteiger partial charge >= 0.3 is 21.7 Å². The average Bonchev–Trinajstić information content (AvgIpc) is 3.08. The molecule has 0 saturated carbocycles. The SMILES string of the molecule is CCCCC1=[C-]CC=C1.[Br-].[Br-].[Ti+4].c1ccc2[cH-]ccc2c1. The maximum Gasteiger partial charge on any atom is 4.00 e. The number of fused-ring (bicyclic) bond motifs is 1. The van der Waals surface area contributed by atoms with E-state index in [9.17, 15) is 0 Å². The second-order valence-corrected chi connectivity index (χ2v) is 4.57. The summed E-state index contributed by atoms with van der Waals surface area (Å²) < 4.78 is 0. The molecule has 0 amide bonds. The fraction of sp³-hybridized carbons (Fsp3) is 0.278. The Labute approximate surface area is 164 Å². The van der Waals surface area contributed by atoms with E-state index in [0.717, 1.165) is 6.42 Å². The van der Waals surface area contributed by atoms with Crippen molar-refractivity contribution >= 4 is 10.8 Å². The van der Waals surface area contributed by atoms with Crippen LogP contribution in [0.5, 0.6) is 0 Å². The molecule has 2 aromatic carbocycles. The first-order chi connectivity index (χ1) is 8.90. The predicted octanol–water partition coefficient (Wildman–Crippen LogP) is -0.570. The average molecular weight is 444 g/mol. The topological polar surface area (TPSA) is 0 Å². The molecular weight excluding hydrogens is 424 g/mol. The fourth-order valence-electron chi connectivity index (χ4n) is 2.06. The van der Waals surface area contributed by atoms with Gasteiger partial charge in [-0.15, -0.1) is 36.1 Å². The van der Waals surface area contributed by atoms with Gasteiger partial charge in [0.05, 0.1) is 0 Å². The zero-order valence-corrected chi connectivity index (χ0v) is 17.0. The molecule has 0 saturated heterocycles. The van der Waals surface area contributed by atoms with Crippen molar-refractivity contribution in [2.75, 3.05) is 0 Å². The number of halogens is 2. The smallest absolute Gasteiger partial charge is 1.00 e. The van der Waals surface area contributed by atoms with Crippen LogP contribution in [-0.2, 0) is 21.7 Å². The maximum atomic E-state index is 3.30. The van der Waals surface area contributed by atoms with Crippen molar-refractivity contribution in [2.24, 2.45) is 0 Å². The molecular formula is C18H20Br2Ti. The Hall–Kier alpha value is -0.0157. The second kappa shape index (κ2) is 13.6. The molecule has 0 unspecified atom stereocenters. The van der Waals surface area contributed by atoms with Gasteiger partial charge in [-0.3, -0.25) is 6.08 Å². The van der Waals surface area contributed by atoms with Crippen LogP contribution in [0.2, 0.25) is 0 Å². The van der Waals surface area contributed by atoms with Crippen LogP contribution in [0.4, 0.5) is 0 Å². The molecule has 0 bridgehead atoms. The molecule has 0 aromatic heterocycles. The molecule has 2 aromatic rings. The van der Waals surface area contributed by atoms with Crippen molar-refractivity contribution in [3.05, 3.63) is 66.3 Å². The summed E-state index contributed by atoms with van der Waals surface area (Å²) in [5, 5.41) is 2.66. The number of allylic oxidation sites excluding steroid dienone is 4. The second-order valence-electron chi connectivity index (χ2n) is 4.57. The first-order valence-electron chi connectivity index (χ1n) is 6.77. The van der Waals surface area contributed by atoms with Crippen LogP contribution in [0.25, 0.3) is 10.8 Å². The summed E-state index contributed by atoms with van der Waals surface area (Å²) in [6.45, 7) is 2.22. The van der Waals surface area contributed by atoms with Crippen molar-refractivity contribution in [2.45, 2.75) is 32.6 Å². The molecule has 0 spiro atoms. The van der Waals surface area contributed by atoms with Crippen molar-refractivity contribution < 1.29 is 55.7 Å². The molecule has 1 aliphatic carbocycles. The van der Waals surface area contributed by atoms with Crippen LogP contribution in [0.15, 0.2) is 60.2 Å². The Bertz CT molecular complexity index is 511. The number of rotatable bonds is 3. The molecule has 1 aliphatic rings. The van der Waals surface area contributed by atoms with E-state index in [2.05, 4.69) is 67.6 Å². The van der Waals surface area contributed by atoms with E-state index in [-0.39, 0.29) is 55.7 Å². The minimum absolute atomic E-state index is 0. The van der Waals surface area contributed by atoms with E-state index >= 15 is 0 Å². The molecule has 0 fully saturated rings. The van der Waals surface area contributed by atoms with Gasteiger partial charge in [0.25, 0.3) is 0 Å². The maximum absolute atomic E-state index is 3.30. The van der Waals surface area contributed by atoms with Crippen LogP contribution in [0.1, 0.15) is 32.6 Å². The summed E-state index contributed by atoms with van der Waals surface area (Å²) in [6.07, 6.45) is 12.5. The predicted molar refractivity (Wildman–Crippen MR) is 79.6 cm³/mol. The van der Waals surface area contributed by atoms with Gasteiger partial charge in [0.1, 0.15) is 0 Å². The summed E-state index contributed by atoms with van der Waals surface area (Å²) in [5.41, 5.74) is 1.41. The van der Waals surface area contributed by atoms with Gasteiger partial charge in [-0.25, -0.2) is 11.6 Å². The van der Waals surface area contributed by atoms with Crippen molar-refractivity contribution in [3.63, 3.8) is 0 Å². The molecule has 0 N–H and O–H groups in total. The van der Waals surface area contributed by atoms with E-state index in [4.69, 9.17) is 0 Å². The fourth-order valence-corrected chi connectivity index (χ4v) is 2.06. The summed E-state index contributed by atoms with van der Waals surface area (Å²) >= 11 is 0. The normalized spacial score (nSPS) is 11.4. The van der Waals surface area contributed by atoms with E-state index in [1.165, 1.54) is 35.6 Å². The zero-order valence-electron chi connectivity index (χ0n) is 12.3. The van der Waals surface area contributed by atoms with E-state index in [1.54, 1.807) is 0 Å². The van der Waals surface area contributed by atoms with Crippen LogP contribution in [0, 0.1) is 6.08 Å². The van der Waals surface area contributed by atoms with Gasteiger partial charge in [-0.1, -0.05) is 32.3 Å². The molecule has 0 heterocycles. The quantitative estimate of drug-likeness (QED) is 0.440. The van der Waals surface area contributed by atoms with Gasteiger partial charge < -0.3 is 34.0 Å². The number of hydrogen-bond acceptors (Lipinski definition) is 0. The Balaban J connectivity index is 0. The molecule has 3 heteroatoms.